The zero-order chi connectivity index (χ0) is 25.4. The van der Waals surface area contributed by atoms with Crippen LogP contribution in [0.2, 0.25) is 0 Å². The van der Waals surface area contributed by atoms with Gasteiger partial charge in [0, 0.05) is 0 Å². The number of hydrogen-bond acceptors (Lipinski definition) is 8. The van der Waals surface area contributed by atoms with E-state index in [1.807, 2.05) is 0 Å². The Labute approximate surface area is 197 Å². The van der Waals surface area contributed by atoms with Gasteiger partial charge in [-0.25, -0.2) is 19.2 Å². The number of aromatic amines is 2. The largest absolute Gasteiger partial charge is 0.462 e. The maximum atomic E-state index is 12.6. The zero-order valence-electron chi connectivity index (χ0n) is 20.2. The Hall–Kier alpha value is -3.82. The van der Waals surface area contributed by atoms with Crippen LogP contribution in [0.1, 0.15) is 91.9 Å². The Morgan fingerprint density at radius 1 is 0.588 bits per heavy atom. The molecule has 0 saturated carbocycles. The normalized spacial score (nSPS) is 10.9. The van der Waals surface area contributed by atoms with Crippen LogP contribution in [0.25, 0.3) is 12.2 Å². The summed E-state index contributed by atoms with van der Waals surface area (Å²) >= 11 is 0. The van der Waals surface area contributed by atoms with E-state index in [1.165, 1.54) is 12.2 Å². The molecule has 0 aliphatic heterocycles. The summed E-state index contributed by atoms with van der Waals surface area (Å²) in [6.45, 7) is 10.5. The van der Waals surface area contributed by atoms with Crippen LogP contribution in [0.5, 0.6) is 0 Å². The molecule has 0 spiro atoms. The number of ether oxygens (including phenoxy) is 4. The van der Waals surface area contributed by atoms with Gasteiger partial charge in [-0.3, -0.25) is 0 Å². The van der Waals surface area contributed by atoms with Crippen LogP contribution in [0.4, 0.5) is 0 Å². The number of carbonyl (C=O) groups is 4. The summed E-state index contributed by atoms with van der Waals surface area (Å²) in [6, 6.07) is 0. The minimum absolute atomic E-state index is 0.116. The number of nitrogens with one attached hydrogen (secondary N) is 2. The quantitative estimate of drug-likeness (QED) is 0.391. The average molecular weight is 475 g/mol. The van der Waals surface area contributed by atoms with Crippen molar-refractivity contribution in [3.63, 3.8) is 0 Å². The summed E-state index contributed by atoms with van der Waals surface area (Å²) in [5, 5.41) is 0. The van der Waals surface area contributed by atoms with Crippen molar-refractivity contribution in [1.82, 2.24) is 9.97 Å². The van der Waals surface area contributed by atoms with Crippen molar-refractivity contribution in [2.24, 2.45) is 0 Å². The van der Waals surface area contributed by atoms with E-state index in [4.69, 9.17) is 18.9 Å². The fourth-order valence-corrected chi connectivity index (χ4v) is 3.40. The van der Waals surface area contributed by atoms with Crippen LogP contribution in [0.15, 0.2) is 0 Å². The molecule has 2 heterocycles. The van der Waals surface area contributed by atoms with Crippen LogP contribution in [-0.2, 0) is 18.9 Å². The summed E-state index contributed by atoms with van der Waals surface area (Å²) in [5.41, 5.74) is 1.85. The first kappa shape index (κ1) is 26.4. The lowest BCUT2D eigenvalue weighted by atomic mass is 10.1. The minimum Gasteiger partial charge on any atom is -0.462 e. The maximum Gasteiger partial charge on any atom is 0.355 e. The number of rotatable bonds is 10. The summed E-state index contributed by atoms with van der Waals surface area (Å²) in [6.07, 6.45) is 3.01. The molecular weight excluding hydrogens is 444 g/mol. The van der Waals surface area contributed by atoms with Crippen LogP contribution >= 0.6 is 0 Å². The van der Waals surface area contributed by atoms with E-state index < -0.39 is 23.9 Å². The molecule has 0 atom stereocenters. The van der Waals surface area contributed by atoms with Gasteiger partial charge < -0.3 is 28.9 Å². The molecule has 0 aliphatic rings. The van der Waals surface area contributed by atoms with Crippen LogP contribution in [0.3, 0.4) is 0 Å². The van der Waals surface area contributed by atoms with Gasteiger partial charge in [0.1, 0.15) is 11.4 Å². The number of hydrogen-bond donors (Lipinski definition) is 2. The van der Waals surface area contributed by atoms with E-state index >= 15 is 0 Å². The highest BCUT2D eigenvalue weighted by atomic mass is 16.5. The molecule has 184 valence electrons. The third-order valence-electron chi connectivity index (χ3n) is 4.89. The van der Waals surface area contributed by atoms with Crippen molar-refractivity contribution in [1.29, 1.82) is 0 Å². The number of aromatic nitrogens is 2. The highest BCUT2D eigenvalue weighted by Gasteiger charge is 2.26. The molecule has 2 N–H and O–H groups in total. The standard InChI is InChI=1S/C24H30N2O8/c1-7-31-21(27)17-13(5)19(23(29)33-9-3)25-15(17)11-12-16-18(22(28)32-8-2)14(6)20(26-16)24(30)34-10-4/h11-12,25-26H,7-10H2,1-6H3/b12-11+. The van der Waals surface area contributed by atoms with Gasteiger partial charge in [0.15, 0.2) is 0 Å². The monoisotopic (exact) mass is 474 g/mol. The number of esters is 4. The lowest BCUT2D eigenvalue weighted by molar-refractivity contribution is 0.0505. The van der Waals surface area contributed by atoms with E-state index in [2.05, 4.69) is 9.97 Å². The predicted molar refractivity (Wildman–Crippen MR) is 124 cm³/mol. The summed E-state index contributed by atoms with van der Waals surface area (Å²) in [4.78, 5) is 55.7. The van der Waals surface area contributed by atoms with Gasteiger partial charge in [-0.2, -0.15) is 0 Å². The first-order chi connectivity index (χ1) is 16.2. The molecule has 0 bridgehead atoms. The summed E-state index contributed by atoms with van der Waals surface area (Å²) < 4.78 is 20.4. The first-order valence-electron chi connectivity index (χ1n) is 11.0. The van der Waals surface area contributed by atoms with Crippen LogP contribution in [0, 0.1) is 13.8 Å². The SMILES string of the molecule is CCOC(=O)c1[nH]c(/C=C/c2[nH]c(C(=O)OCC)c(C)c2C(=O)OCC)c(C(=O)OCC)c1C. The Morgan fingerprint density at radius 3 is 1.18 bits per heavy atom. The predicted octanol–water partition coefficient (Wildman–Crippen LogP) is 3.84. The highest BCUT2D eigenvalue weighted by Crippen LogP contribution is 2.26. The zero-order valence-corrected chi connectivity index (χ0v) is 20.2. The second-order valence-corrected chi connectivity index (χ2v) is 7.04. The molecule has 0 saturated heterocycles. The molecule has 0 aliphatic carbocycles. The van der Waals surface area contributed by atoms with E-state index in [-0.39, 0.29) is 60.3 Å². The van der Waals surface area contributed by atoms with Crippen molar-refractivity contribution in [2.45, 2.75) is 41.5 Å². The van der Waals surface area contributed by atoms with Gasteiger partial charge in [0.2, 0.25) is 0 Å². The topological polar surface area (TPSA) is 137 Å². The third-order valence-corrected chi connectivity index (χ3v) is 4.89. The van der Waals surface area contributed by atoms with Gasteiger partial charge in [0.25, 0.3) is 0 Å². The number of H-pyrrole nitrogens is 2. The third kappa shape index (κ3) is 5.56. The molecule has 34 heavy (non-hydrogen) atoms. The first-order valence-corrected chi connectivity index (χ1v) is 11.0. The second-order valence-electron chi connectivity index (χ2n) is 7.04. The van der Waals surface area contributed by atoms with Gasteiger partial charge in [-0.15, -0.1) is 0 Å². The Balaban J connectivity index is 2.62. The molecule has 2 aromatic heterocycles. The lowest BCUT2D eigenvalue weighted by Gasteiger charge is -2.04. The van der Waals surface area contributed by atoms with E-state index in [0.29, 0.717) is 11.1 Å². The lowest BCUT2D eigenvalue weighted by Crippen LogP contribution is -2.09. The fourth-order valence-electron chi connectivity index (χ4n) is 3.40. The molecule has 2 rings (SSSR count). The van der Waals surface area contributed by atoms with Gasteiger partial charge >= 0.3 is 23.9 Å². The molecule has 0 fully saturated rings. The molecule has 2 aromatic rings. The average Bonchev–Trinajstić information content (AvgIpc) is 3.29. The van der Waals surface area contributed by atoms with Crippen LogP contribution in [-0.4, -0.2) is 60.3 Å². The molecule has 0 amide bonds. The van der Waals surface area contributed by atoms with E-state index in [0.717, 1.165) is 0 Å². The smallest absolute Gasteiger partial charge is 0.355 e. The van der Waals surface area contributed by atoms with Gasteiger partial charge in [-0.1, -0.05) is 0 Å². The van der Waals surface area contributed by atoms with E-state index in [9.17, 15) is 19.2 Å². The Kier molecular flexibility index (Phi) is 9.23. The highest BCUT2D eigenvalue weighted by molar-refractivity contribution is 6.03. The van der Waals surface area contributed by atoms with Gasteiger partial charge in [0.05, 0.1) is 48.9 Å². The summed E-state index contributed by atoms with van der Waals surface area (Å²) in [7, 11) is 0. The molecule has 0 aromatic carbocycles. The summed E-state index contributed by atoms with van der Waals surface area (Å²) in [5.74, 6) is -2.46. The van der Waals surface area contributed by atoms with Crippen LogP contribution < -0.4 is 0 Å². The van der Waals surface area contributed by atoms with Crippen molar-refractivity contribution in [2.75, 3.05) is 26.4 Å². The number of carbonyl (C=O) groups excluding carboxylic acids is 4. The fraction of sp³-hybridized carbons (Fsp3) is 0.417. The van der Waals surface area contributed by atoms with Crippen molar-refractivity contribution in [3.05, 3.63) is 45.0 Å². The van der Waals surface area contributed by atoms with Gasteiger partial charge in [-0.05, 0) is 64.8 Å². The minimum atomic E-state index is -0.619. The Bertz CT molecular complexity index is 1020. The molecule has 0 unspecified atom stereocenters. The van der Waals surface area contributed by atoms with Crippen molar-refractivity contribution in [3.8, 4) is 0 Å². The van der Waals surface area contributed by atoms with Crippen molar-refractivity contribution < 1.29 is 38.1 Å². The molecule has 10 heteroatoms. The maximum absolute atomic E-state index is 12.6. The second kappa shape index (κ2) is 11.9. The molecular formula is C24H30N2O8. The molecule has 0 radical (unpaired) electrons. The molecule has 10 nitrogen and oxygen atoms in total. The van der Waals surface area contributed by atoms with Crippen molar-refractivity contribution >= 4 is 36.0 Å². The van der Waals surface area contributed by atoms with E-state index in [1.54, 1.807) is 41.5 Å². The Morgan fingerprint density at radius 2 is 0.882 bits per heavy atom.